The minimum Gasteiger partial charge on any atom is -0.392 e. The van der Waals surface area contributed by atoms with Gasteiger partial charge in [0.15, 0.2) is 0 Å². The Bertz CT molecular complexity index is 643. The molecule has 1 N–H and O–H groups in total. The molecule has 1 saturated heterocycles. The van der Waals surface area contributed by atoms with E-state index in [0.717, 1.165) is 6.07 Å². The number of morpholine rings is 1. The van der Waals surface area contributed by atoms with E-state index in [1.54, 1.807) is 0 Å². The largest absolute Gasteiger partial charge is 0.392 e. The van der Waals surface area contributed by atoms with Crippen LogP contribution in [0.25, 0.3) is 0 Å². The van der Waals surface area contributed by atoms with Gasteiger partial charge in [0.25, 0.3) is 0 Å². The Morgan fingerprint density at radius 3 is 2.67 bits per heavy atom. The molecule has 1 aromatic rings. The molecule has 0 aromatic heterocycles. The number of sulfonamides is 1. The van der Waals surface area contributed by atoms with Gasteiger partial charge in [-0.25, -0.2) is 12.8 Å². The fourth-order valence-corrected chi connectivity index (χ4v) is 4.24. The second-order valence-electron chi connectivity index (χ2n) is 5.81. The summed E-state index contributed by atoms with van der Waals surface area (Å²) in [5, 5.41) is 9.14. The van der Waals surface area contributed by atoms with E-state index in [1.165, 1.54) is 17.3 Å². The monoisotopic (exact) mass is 317 g/mol. The second kappa shape index (κ2) is 5.64. The highest BCUT2D eigenvalue weighted by atomic mass is 32.2. The molecule has 5 nitrogen and oxygen atoms in total. The number of nitrogens with zero attached hydrogens (tertiary/aromatic N) is 1. The Labute approximate surface area is 124 Å². The van der Waals surface area contributed by atoms with Crippen LogP contribution in [-0.4, -0.2) is 43.1 Å². The van der Waals surface area contributed by atoms with Gasteiger partial charge in [0.05, 0.1) is 23.7 Å². The van der Waals surface area contributed by atoms with Gasteiger partial charge in [0.2, 0.25) is 10.0 Å². The van der Waals surface area contributed by atoms with E-state index in [2.05, 4.69) is 0 Å². The molecule has 21 heavy (non-hydrogen) atoms. The first kappa shape index (κ1) is 16.4. The quantitative estimate of drug-likeness (QED) is 0.916. The third kappa shape index (κ3) is 3.26. The van der Waals surface area contributed by atoms with Crippen LogP contribution in [-0.2, 0) is 21.4 Å². The van der Waals surface area contributed by atoms with Gasteiger partial charge >= 0.3 is 0 Å². The molecular weight excluding hydrogens is 297 g/mol. The van der Waals surface area contributed by atoms with Gasteiger partial charge in [-0.1, -0.05) is 0 Å². The first-order chi connectivity index (χ1) is 9.67. The Morgan fingerprint density at radius 2 is 2.10 bits per heavy atom. The third-order valence-corrected chi connectivity index (χ3v) is 5.52. The maximum absolute atomic E-state index is 13.9. The lowest BCUT2D eigenvalue weighted by Crippen LogP contribution is -2.50. The summed E-state index contributed by atoms with van der Waals surface area (Å²) < 4.78 is 46.1. The van der Waals surface area contributed by atoms with Crippen molar-refractivity contribution in [1.29, 1.82) is 0 Å². The van der Waals surface area contributed by atoms with Crippen LogP contribution >= 0.6 is 0 Å². The van der Waals surface area contributed by atoms with Crippen molar-refractivity contribution in [3.05, 3.63) is 29.1 Å². The smallest absolute Gasteiger partial charge is 0.243 e. The number of ether oxygens (including phenoxy) is 1. The molecule has 0 spiro atoms. The maximum Gasteiger partial charge on any atom is 0.243 e. The molecule has 0 saturated carbocycles. The van der Waals surface area contributed by atoms with Crippen molar-refractivity contribution < 1.29 is 22.7 Å². The number of hydrogen-bond donors (Lipinski definition) is 1. The maximum atomic E-state index is 13.9. The lowest BCUT2D eigenvalue weighted by molar-refractivity contribution is -0.0640. The summed E-state index contributed by atoms with van der Waals surface area (Å²) in [6.45, 7) is 5.38. The van der Waals surface area contributed by atoms with Gasteiger partial charge in [-0.2, -0.15) is 4.31 Å². The first-order valence-electron chi connectivity index (χ1n) is 6.71. The van der Waals surface area contributed by atoms with Crippen molar-refractivity contribution in [3.63, 3.8) is 0 Å². The summed E-state index contributed by atoms with van der Waals surface area (Å²) >= 11 is 0. The second-order valence-corrected chi connectivity index (χ2v) is 7.71. The molecule has 1 aromatic carbocycles. The molecule has 118 valence electrons. The van der Waals surface area contributed by atoms with Crippen molar-refractivity contribution in [1.82, 2.24) is 4.31 Å². The number of rotatable bonds is 3. The fourth-order valence-electron chi connectivity index (χ4n) is 2.38. The highest BCUT2D eigenvalue weighted by Gasteiger charge is 2.36. The molecule has 2 rings (SSSR count). The van der Waals surface area contributed by atoms with E-state index >= 15 is 0 Å². The first-order valence-corrected chi connectivity index (χ1v) is 8.15. The van der Waals surface area contributed by atoms with Crippen LogP contribution in [0.3, 0.4) is 0 Å². The van der Waals surface area contributed by atoms with Crippen LogP contribution in [0.15, 0.2) is 17.0 Å². The fraction of sp³-hybridized carbons (Fsp3) is 0.571. The lowest BCUT2D eigenvalue weighted by atomic mass is 10.1. The molecule has 1 aliphatic rings. The SMILES string of the molecule is Cc1c(F)cc(CO)cc1S(=O)(=O)N1CCOC(C)(C)C1. The molecule has 0 aliphatic carbocycles. The van der Waals surface area contributed by atoms with E-state index in [1.807, 2.05) is 13.8 Å². The zero-order valence-electron chi connectivity index (χ0n) is 12.4. The standard InChI is InChI=1S/C14H20FNO4S/c1-10-12(15)6-11(8-17)7-13(10)21(18,19)16-4-5-20-14(2,3)9-16/h6-7,17H,4-5,8-9H2,1-3H3. The Balaban J connectivity index is 2.47. The molecular formula is C14H20FNO4S. The number of aliphatic hydroxyl groups excluding tert-OH is 1. The van der Waals surface area contributed by atoms with Gasteiger partial charge in [-0.15, -0.1) is 0 Å². The zero-order valence-corrected chi connectivity index (χ0v) is 13.2. The molecule has 0 bridgehead atoms. The Kier molecular flexibility index (Phi) is 4.39. The van der Waals surface area contributed by atoms with Crippen molar-refractivity contribution in [3.8, 4) is 0 Å². The average Bonchev–Trinajstić information content (AvgIpc) is 2.40. The van der Waals surface area contributed by atoms with Crippen LogP contribution in [0.1, 0.15) is 25.0 Å². The van der Waals surface area contributed by atoms with E-state index in [9.17, 15) is 12.8 Å². The van der Waals surface area contributed by atoms with Gasteiger partial charge in [0.1, 0.15) is 5.82 Å². The summed E-state index contributed by atoms with van der Waals surface area (Å²) in [5.74, 6) is -0.632. The highest BCUT2D eigenvalue weighted by molar-refractivity contribution is 7.89. The normalized spacial score (nSPS) is 19.7. The van der Waals surface area contributed by atoms with Crippen LogP contribution in [0.5, 0.6) is 0 Å². The molecule has 0 amide bonds. The average molecular weight is 317 g/mol. The molecule has 0 radical (unpaired) electrons. The molecule has 7 heteroatoms. The molecule has 1 aliphatic heterocycles. The topological polar surface area (TPSA) is 66.8 Å². The summed E-state index contributed by atoms with van der Waals surface area (Å²) in [6.07, 6.45) is 0. The number of benzene rings is 1. The molecule has 1 heterocycles. The van der Waals surface area contributed by atoms with Crippen LogP contribution < -0.4 is 0 Å². The lowest BCUT2D eigenvalue weighted by Gasteiger charge is -2.37. The van der Waals surface area contributed by atoms with Gasteiger partial charge < -0.3 is 9.84 Å². The Morgan fingerprint density at radius 1 is 1.43 bits per heavy atom. The summed E-state index contributed by atoms with van der Waals surface area (Å²) in [5.41, 5.74) is -0.271. The van der Waals surface area contributed by atoms with Crippen molar-refractivity contribution in [2.75, 3.05) is 19.7 Å². The van der Waals surface area contributed by atoms with Crippen molar-refractivity contribution in [2.24, 2.45) is 0 Å². The van der Waals surface area contributed by atoms with E-state index < -0.39 is 28.0 Å². The van der Waals surface area contributed by atoms with Crippen LogP contribution in [0.2, 0.25) is 0 Å². The number of hydrogen-bond acceptors (Lipinski definition) is 4. The van der Waals surface area contributed by atoms with Crippen LogP contribution in [0.4, 0.5) is 4.39 Å². The summed E-state index contributed by atoms with van der Waals surface area (Å²) in [6, 6.07) is 2.48. The zero-order chi connectivity index (χ0) is 15.8. The highest BCUT2D eigenvalue weighted by Crippen LogP contribution is 2.27. The van der Waals surface area contributed by atoms with Gasteiger partial charge in [0, 0.05) is 18.7 Å². The predicted molar refractivity (Wildman–Crippen MR) is 75.8 cm³/mol. The van der Waals surface area contributed by atoms with E-state index in [4.69, 9.17) is 9.84 Å². The molecule has 1 fully saturated rings. The van der Waals surface area contributed by atoms with E-state index in [-0.39, 0.29) is 29.1 Å². The minimum atomic E-state index is -3.82. The Hall–Kier alpha value is -1.02. The van der Waals surface area contributed by atoms with E-state index in [0.29, 0.717) is 6.61 Å². The van der Waals surface area contributed by atoms with Crippen LogP contribution in [0, 0.1) is 12.7 Å². The molecule has 0 atom stereocenters. The number of aliphatic hydroxyl groups is 1. The summed E-state index contributed by atoms with van der Waals surface area (Å²) in [7, 11) is -3.82. The van der Waals surface area contributed by atoms with Crippen molar-refractivity contribution in [2.45, 2.75) is 37.9 Å². The summed E-state index contributed by atoms with van der Waals surface area (Å²) in [4.78, 5) is -0.0933. The molecule has 0 unspecified atom stereocenters. The number of halogens is 1. The third-order valence-electron chi connectivity index (χ3n) is 3.55. The van der Waals surface area contributed by atoms with Crippen molar-refractivity contribution >= 4 is 10.0 Å². The van der Waals surface area contributed by atoms with Gasteiger partial charge in [-0.3, -0.25) is 0 Å². The van der Waals surface area contributed by atoms with Gasteiger partial charge in [-0.05, 0) is 38.5 Å². The predicted octanol–water partition coefficient (Wildman–Crippen LogP) is 1.43. The minimum absolute atomic E-state index is 0.0662.